The molecular formula is C18H24ClN3O3. The minimum atomic E-state index is 0.115. The summed E-state index contributed by atoms with van der Waals surface area (Å²) in [4.78, 5) is 18.5. The van der Waals surface area contributed by atoms with Gasteiger partial charge in [0.2, 0.25) is 17.6 Å². The number of carbonyl (C=O) groups excluding carboxylic acids is 1. The van der Waals surface area contributed by atoms with Crippen LogP contribution < -0.4 is 0 Å². The number of methoxy groups -OCH3 is 1. The number of benzene rings is 1. The molecule has 2 aromatic rings. The molecule has 0 saturated heterocycles. The van der Waals surface area contributed by atoms with Gasteiger partial charge in [-0.25, -0.2) is 0 Å². The van der Waals surface area contributed by atoms with Crippen molar-refractivity contribution in [1.82, 2.24) is 15.0 Å². The molecule has 0 radical (unpaired) electrons. The van der Waals surface area contributed by atoms with Gasteiger partial charge in [-0.3, -0.25) is 4.79 Å². The number of aromatic nitrogens is 2. The van der Waals surface area contributed by atoms with Crippen LogP contribution in [0.2, 0.25) is 5.02 Å². The van der Waals surface area contributed by atoms with Gasteiger partial charge in [0.1, 0.15) is 0 Å². The summed E-state index contributed by atoms with van der Waals surface area (Å²) >= 11 is 5.88. The molecule has 0 bridgehead atoms. The van der Waals surface area contributed by atoms with Crippen molar-refractivity contribution in [1.29, 1.82) is 0 Å². The maximum Gasteiger partial charge on any atom is 0.228 e. The fourth-order valence-corrected chi connectivity index (χ4v) is 2.47. The quantitative estimate of drug-likeness (QED) is 0.680. The SMILES string of the molecule is COCCN(CCc1nc(-c2ccc(Cl)cc2)no1)C(=O)CC(C)C. The van der Waals surface area contributed by atoms with Crippen molar-refractivity contribution in [3.8, 4) is 11.4 Å². The normalized spacial score (nSPS) is 11.1. The van der Waals surface area contributed by atoms with E-state index in [9.17, 15) is 4.79 Å². The van der Waals surface area contributed by atoms with Crippen molar-refractivity contribution in [3.63, 3.8) is 0 Å². The number of ether oxygens (including phenoxy) is 1. The van der Waals surface area contributed by atoms with E-state index in [0.29, 0.717) is 55.2 Å². The molecule has 2 rings (SSSR count). The van der Waals surface area contributed by atoms with Crippen LogP contribution in [-0.2, 0) is 16.0 Å². The molecule has 0 saturated carbocycles. The third-order valence-electron chi connectivity index (χ3n) is 3.67. The summed E-state index contributed by atoms with van der Waals surface area (Å²) in [5.74, 6) is 1.45. The first kappa shape index (κ1) is 19.4. The number of rotatable bonds is 9. The minimum absolute atomic E-state index is 0.115. The van der Waals surface area contributed by atoms with Gasteiger partial charge < -0.3 is 14.2 Å². The van der Waals surface area contributed by atoms with Gasteiger partial charge in [-0.05, 0) is 30.2 Å². The van der Waals surface area contributed by atoms with Crippen molar-refractivity contribution in [2.24, 2.45) is 5.92 Å². The Bertz CT molecular complexity index is 670. The van der Waals surface area contributed by atoms with E-state index in [1.807, 2.05) is 26.0 Å². The molecule has 0 aliphatic rings. The number of hydrogen-bond acceptors (Lipinski definition) is 5. The molecule has 136 valence electrons. The van der Waals surface area contributed by atoms with E-state index >= 15 is 0 Å². The van der Waals surface area contributed by atoms with Crippen LogP contribution in [0.15, 0.2) is 28.8 Å². The van der Waals surface area contributed by atoms with Gasteiger partial charge in [0.15, 0.2) is 0 Å². The number of halogens is 1. The molecule has 25 heavy (non-hydrogen) atoms. The Labute approximate surface area is 153 Å². The lowest BCUT2D eigenvalue weighted by Gasteiger charge is -2.22. The van der Waals surface area contributed by atoms with Crippen LogP contribution in [-0.4, -0.2) is 47.8 Å². The molecule has 0 atom stereocenters. The van der Waals surface area contributed by atoms with Crippen LogP contribution in [0.1, 0.15) is 26.2 Å². The Kier molecular flexibility index (Phi) is 7.40. The lowest BCUT2D eigenvalue weighted by atomic mass is 10.1. The molecule has 1 aromatic carbocycles. The van der Waals surface area contributed by atoms with Gasteiger partial charge >= 0.3 is 0 Å². The second-order valence-corrected chi connectivity index (χ2v) is 6.68. The molecule has 1 amide bonds. The summed E-state index contributed by atoms with van der Waals surface area (Å²) < 4.78 is 10.4. The highest BCUT2D eigenvalue weighted by Crippen LogP contribution is 2.19. The van der Waals surface area contributed by atoms with Crippen LogP contribution in [0.25, 0.3) is 11.4 Å². The average Bonchev–Trinajstić information content (AvgIpc) is 3.03. The van der Waals surface area contributed by atoms with Crippen LogP contribution in [0, 0.1) is 5.92 Å². The van der Waals surface area contributed by atoms with Crippen LogP contribution in [0.3, 0.4) is 0 Å². The number of amides is 1. The van der Waals surface area contributed by atoms with Gasteiger partial charge in [-0.1, -0.05) is 30.6 Å². The monoisotopic (exact) mass is 365 g/mol. The Hall–Kier alpha value is -1.92. The smallest absolute Gasteiger partial charge is 0.228 e. The Morgan fingerprint density at radius 3 is 2.64 bits per heavy atom. The molecule has 0 aliphatic heterocycles. The van der Waals surface area contributed by atoms with E-state index in [4.69, 9.17) is 20.9 Å². The van der Waals surface area contributed by atoms with Crippen LogP contribution >= 0.6 is 11.6 Å². The van der Waals surface area contributed by atoms with Crippen molar-refractivity contribution >= 4 is 17.5 Å². The average molecular weight is 366 g/mol. The Morgan fingerprint density at radius 1 is 1.28 bits per heavy atom. The van der Waals surface area contributed by atoms with E-state index < -0.39 is 0 Å². The molecule has 1 heterocycles. The summed E-state index contributed by atoms with van der Waals surface area (Å²) in [7, 11) is 1.63. The standard InChI is InChI=1S/C18H24ClN3O3/c1-13(2)12-17(23)22(10-11-24-3)9-8-16-20-18(21-25-16)14-4-6-15(19)7-5-14/h4-7,13H,8-12H2,1-3H3. The lowest BCUT2D eigenvalue weighted by Crippen LogP contribution is -2.36. The first-order chi connectivity index (χ1) is 12.0. The third-order valence-corrected chi connectivity index (χ3v) is 3.92. The third kappa shape index (κ3) is 6.14. The van der Waals surface area contributed by atoms with Gasteiger partial charge in [0.25, 0.3) is 0 Å². The van der Waals surface area contributed by atoms with E-state index in [1.54, 1.807) is 24.1 Å². The molecule has 1 aromatic heterocycles. The van der Waals surface area contributed by atoms with Crippen molar-refractivity contribution in [2.45, 2.75) is 26.7 Å². The predicted octanol–water partition coefficient (Wildman–Crippen LogP) is 3.45. The minimum Gasteiger partial charge on any atom is -0.383 e. The summed E-state index contributed by atoms with van der Waals surface area (Å²) in [6, 6.07) is 7.25. The lowest BCUT2D eigenvalue weighted by molar-refractivity contribution is -0.132. The highest BCUT2D eigenvalue weighted by Gasteiger charge is 2.16. The fourth-order valence-electron chi connectivity index (χ4n) is 2.34. The molecular weight excluding hydrogens is 342 g/mol. The number of nitrogens with zero attached hydrogens (tertiary/aromatic N) is 3. The summed E-state index contributed by atoms with van der Waals surface area (Å²) in [5.41, 5.74) is 0.839. The molecule has 0 fully saturated rings. The molecule has 7 heteroatoms. The molecule has 0 N–H and O–H groups in total. The maximum absolute atomic E-state index is 12.3. The molecule has 6 nitrogen and oxygen atoms in total. The number of carbonyl (C=O) groups is 1. The van der Waals surface area contributed by atoms with Gasteiger partial charge in [0, 0.05) is 43.6 Å². The highest BCUT2D eigenvalue weighted by molar-refractivity contribution is 6.30. The Balaban J connectivity index is 1.97. The fraction of sp³-hybridized carbons (Fsp3) is 0.500. The highest BCUT2D eigenvalue weighted by atomic mass is 35.5. The second-order valence-electron chi connectivity index (χ2n) is 6.24. The van der Waals surface area contributed by atoms with Crippen LogP contribution in [0.4, 0.5) is 0 Å². The van der Waals surface area contributed by atoms with Crippen molar-refractivity contribution in [2.75, 3.05) is 26.8 Å². The maximum atomic E-state index is 12.3. The topological polar surface area (TPSA) is 68.5 Å². The number of hydrogen-bond donors (Lipinski definition) is 0. The van der Waals surface area contributed by atoms with Crippen molar-refractivity contribution in [3.05, 3.63) is 35.2 Å². The van der Waals surface area contributed by atoms with E-state index in [0.717, 1.165) is 5.56 Å². The van der Waals surface area contributed by atoms with Crippen LogP contribution in [0.5, 0.6) is 0 Å². The first-order valence-electron chi connectivity index (χ1n) is 8.35. The molecule has 0 aliphatic carbocycles. The van der Waals surface area contributed by atoms with E-state index in [-0.39, 0.29) is 5.91 Å². The summed E-state index contributed by atoms with van der Waals surface area (Å²) in [5, 5.41) is 4.65. The van der Waals surface area contributed by atoms with Crippen molar-refractivity contribution < 1.29 is 14.1 Å². The summed E-state index contributed by atoms with van der Waals surface area (Å²) in [6.45, 7) is 5.65. The predicted molar refractivity (Wildman–Crippen MR) is 96.4 cm³/mol. The van der Waals surface area contributed by atoms with E-state index in [2.05, 4.69) is 10.1 Å². The first-order valence-corrected chi connectivity index (χ1v) is 8.72. The zero-order valence-electron chi connectivity index (χ0n) is 14.9. The molecule has 0 spiro atoms. The van der Waals surface area contributed by atoms with Gasteiger partial charge in [-0.2, -0.15) is 4.98 Å². The Morgan fingerprint density at radius 2 is 2.00 bits per heavy atom. The largest absolute Gasteiger partial charge is 0.383 e. The zero-order valence-corrected chi connectivity index (χ0v) is 15.6. The van der Waals surface area contributed by atoms with Gasteiger partial charge in [-0.15, -0.1) is 0 Å². The van der Waals surface area contributed by atoms with Gasteiger partial charge in [0.05, 0.1) is 6.61 Å². The zero-order chi connectivity index (χ0) is 18.2. The summed E-state index contributed by atoms with van der Waals surface area (Å²) in [6.07, 6.45) is 1.03. The second kappa shape index (κ2) is 9.53. The molecule has 0 unspecified atom stereocenters. The van der Waals surface area contributed by atoms with E-state index in [1.165, 1.54) is 0 Å².